The third kappa shape index (κ3) is 6.39. The number of thioether (sulfide) groups is 1. The van der Waals surface area contributed by atoms with Crippen molar-refractivity contribution in [1.82, 2.24) is 20.4 Å². The van der Waals surface area contributed by atoms with Crippen LogP contribution in [0.4, 0.5) is 0 Å². The first-order chi connectivity index (χ1) is 13.0. The van der Waals surface area contributed by atoms with Gasteiger partial charge in [0.2, 0.25) is 11.8 Å². The van der Waals surface area contributed by atoms with Gasteiger partial charge in [-0.3, -0.25) is 9.59 Å². The van der Waals surface area contributed by atoms with Crippen LogP contribution in [0.3, 0.4) is 0 Å². The highest BCUT2D eigenvalue weighted by Crippen LogP contribution is 2.26. The molecule has 27 heavy (non-hydrogen) atoms. The maximum atomic E-state index is 13.1. The number of aromatic nitrogens is 2. The second-order valence-electron chi connectivity index (χ2n) is 6.10. The van der Waals surface area contributed by atoms with Crippen LogP contribution in [0.5, 0.6) is 0 Å². The molecule has 7 nitrogen and oxygen atoms in total. The molecular formula is C19H26N4O3S. The highest BCUT2D eigenvalue weighted by Gasteiger charge is 2.21. The molecular weight excluding hydrogens is 364 g/mol. The van der Waals surface area contributed by atoms with Crippen LogP contribution < -0.4 is 5.32 Å². The Morgan fingerprint density at radius 2 is 2.00 bits per heavy atom. The van der Waals surface area contributed by atoms with Gasteiger partial charge in [-0.25, -0.2) is 0 Å². The normalized spacial score (nSPS) is 10.6. The van der Waals surface area contributed by atoms with E-state index in [0.29, 0.717) is 36.1 Å². The van der Waals surface area contributed by atoms with Crippen molar-refractivity contribution in [3.05, 3.63) is 41.5 Å². The monoisotopic (exact) mass is 390 g/mol. The van der Waals surface area contributed by atoms with Crippen molar-refractivity contribution in [2.75, 3.05) is 19.6 Å². The zero-order valence-electron chi connectivity index (χ0n) is 16.0. The molecule has 0 aliphatic carbocycles. The van der Waals surface area contributed by atoms with Crippen LogP contribution in [0.25, 0.3) is 0 Å². The molecule has 0 unspecified atom stereocenters. The number of nitrogens with one attached hydrogen (secondary N) is 1. The van der Waals surface area contributed by atoms with Crippen LogP contribution in [-0.4, -0.2) is 46.5 Å². The quantitative estimate of drug-likeness (QED) is 0.627. The highest BCUT2D eigenvalue weighted by atomic mass is 32.2. The number of amides is 2. The molecule has 8 heteroatoms. The second kappa shape index (κ2) is 10.7. The Labute approximate surface area is 163 Å². The number of hydrogen-bond acceptors (Lipinski definition) is 6. The molecule has 1 aromatic heterocycles. The fourth-order valence-corrected chi connectivity index (χ4v) is 3.38. The molecule has 2 amide bonds. The standard InChI is InChI=1S/C19H26N4O3S/c1-4-10-20-17(24)12-23(11-5-2)19(25)15-8-6-7-9-16(15)27-13-18-21-14(3)22-26-18/h6-9H,4-5,10-13H2,1-3H3,(H,20,24). The molecule has 146 valence electrons. The lowest BCUT2D eigenvalue weighted by Gasteiger charge is -2.22. The van der Waals surface area contributed by atoms with Crippen LogP contribution in [0, 0.1) is 6.92 Å². The number of hydrogen-bond donors (Lipinski definition) is 1. The van der Waals surface area contributed by atoms with Crippen molar-refractivity contribution >= 4 is 23.6 Å². The lowest BCUT2D eigenvalue weighted by Crippen LogP contribution is -2.41. The maximum Gasteiger partial charge on any atom is 0.255 e. The van der Waals surface area contributed by atoms with Gasteiger partial charge < -0.3 is 14.7 Å². The van der Waals surface area contributed by atoms with Crippen molar-refractivity contribution in [2.45, 2.75) is 44.3 Å². The minimum absolute atomic E-state index is 0.0640. The van der Waals surface area contributed by atoms with Gasteiger partial charge in [0.25, 0.3) is 5.91 Å². The predicted molar refractivity (Wildman–Crippen MR) is 105 cm³/mol. The van der Waals surface area contributed by atoms with E-state index in [-0.39, 0.29) is 18.4 Å². The highest BCUT2D eigenvalue weighted by molar-refractivity contribution is 7.98. The second-order valence-corrected chi connectivity index (χ2v) is 7.11. The molecule has 0 saturated heterocycles. The van der Waals surface area contributed by atoms with E-state index < -0.39 is 0 Å². The SMILES string of the molecule is CCCNC(=O)CN(CCC)C(=O)c1ccccc1SCc1nc(C)no1. The number of benzene rings is 1. The Hall–Kier alpha value is -2.35. The molecule has 1 heterocycles. The summed E-state index contributed by atoms with van der Waals surface area (Å²) >= 11 is 1.47. The Balaban J connectivity index is 2.11. The summed E-state index contributed by atoms with van der Waals surface area (Å²) in [6.45, 7) is 6.95. The first-order valence-corrected chi connectivity index (χ1v) is 10.1. The van der Waals surface area contributed by atoms with Crippen molar-refractivity contribution in [3.63, 3.8) is 0 Å². The fourth-order valence-electron chi connectivity index (χ4n) is 2.49. The van der Waals surface area contributed by atoms with Gasteiger partial charge >= 0.3 is 0 Å². The minimum atomic E-state index is -0.145. The molecule has 1 N–H and O–H groups in total. The summed E-state index contributed by atoms with van der Waals surface area (Å²) in [5.41, 5.74) is 0.579. The third-order valence-electron chi connectivity index (χ3n) is 3.73. The van der Waals surface area contributed by atoms with Gasteiger partial charge in [-0.1, -0.05) is 31.1 Å². The van der Waals surface area contributed by atoms with Gasteiger partial charge in [-0.05, 0) is 31.9 Å². The number of aryl methyl sites for hydroxylation is 1. The molecule has 0 bridgehead atoms. The van der Waals surface area contributed by atoms with Crippen molar-refractivity contribution in [1.29, 1.82) is 0 Å². The minimum Gasteiger partial charge on any atom is -0.355 e. The Bertz CT molecular complexity index is 763. The van der Waals surface area contributed by atoms with Crippen LogP contribution in [-0.2, 0) is 10.5 Å². The molecule has 0 aliphatic heterocycles. The summed E-state index contributed by atoms with van der Waals surface area (Å²) in [5, 5.41) is 6.60. The molecule has 0 atom stereocenters. The smallest absolute Gasteiger partial charge is 0.255 e. The summed E-state index contributed by atoms with van der Waals surface area (Å²) in [7, 11) is 0. The number of carbonyl (C=O) groups excluding carboxylic acids is 2. The zero-order chi connectivity index (χ0) is 19.6. The molecule has 0 aliphatic rings. The van der Waals surface area contributed by atoms with Gasteiger partial charge in [0.05, 0.1) is 17.9 Å². The van der Waals surface area contributed by atoms with E-state index in [0.717, 1.165) is 17.7 Å². The largest absolute Gasteiger partial charge is 0.355 e. The fraction of sp³-hybridized carbons (Fsp3) is 0.474. The van der Waals surface area contributed by atoms with Crippen LogP contribution >= 0.6 is 11.8 Å². The zero-order valence-corrected chi connectivity index (χ0v) is 16.8. The Morgan fingerprint density at radius 1 is 1.22 bits per heavy atom. The summed E-state index contributed by atoms with van der Waals surface area (Å²) in [5.74, 6) is 1.31. The molecule has 0 saturated carbocycles. The van der Waals surface area contributed by atoms with Crippen LogP contribution in [0.2, 0.25) is 0 Å². The molecule has 0 spiro atoms. The van der Waals surface area contributed by atoms with E-state index in [4.69, 9.17) is 4.52 Å². The van der Waals surface area contributed by atoms with Crippen LogP contribution in [0.15, 0.2) is 33.7 Å². The Morgan fingerprint density at radius 3 is 2.67 bits per heavy atom. The summed E-state index contributed by atoms with van der Waals surface area (Å²) in [4.78, 5) is 31.8. The van der Waals surface area contributed by atoms with E-state index >= 15 is 0 Å². The van der Waals surface area contributed by atoms with E-state index in [1.807, 2.05) is 32.0 Å². The lowest BCUT2D eigenvalue weighted by atomic mass is 10.2. The number of nitrogens with zero attached hydrogens (tertiary/aromatic N) is 3. The summed E-state index contributed by atoms with van der Waals surface area (Å²) in [6.07, 6.45) is 1.64. The molecule has 1 aromatic carbocycles. The number of carbonyl (C=O) groups is 2. The third-order valence-corrected chi connectivity index (χ3v) is 4.78. The molecule has 2 aromatic rings. The molecule has 0 radical (unpaired) electrons. The van der Waals surface area contributed by atoms with Crippen molar-refractivity contribution in [2.24, 2.45) is 0 Å². The molecule has 0 fully saturated rings. The topological polar surface area (TPSA) is 88.3 Å². The first-order valence-electron chi connectivity index (χ1n) is 9.12. The van der Waals surface area contributed by atoms with E-state index in [1.54, 1.807) is 17.9 Å². The average Bonchev–Trinajstić information content (AvgIpc) is 3.09. The van der Waals surface area contributed by atoms with E-state index in [2.05, 4.69) is 15.5 Å². The predicted octanol–water partition coefficient (Wildman–Crippen LogP) is 3.05. The van der Waals surface area contributed by atoms with E-state index in [1.165, 1.54) is 11.8 Å². The van der Waals surface area contributed by atoms with Gasteiger partial charge in [0, 0.05) is 18.0 Å². The first kappa shape index (κ1) is 21.0. The van der Waals surface area contributed by atoms with Crippen molar-refractivity contribution in [3.8, 4) is 0 Å². The van der Waals surface area contributed by atoms with Gasteiger partial charge in [0.1, 0.15) is 0 Å². The summed E-state index contributed by atoms with van der Waals surface area (Å²) in [6, 6.07) is 7.39. The van der Waals surface area contributed by atoms with Crippen molar-refractivity contribution < 1.29 is 14.1 Å². The molecule has 2 rings (SSSR count). The average molecular weight is 391 g/mol. The lowest BCUT2D eigenvalue weighted by molar-refractivity contribution is -0.121. The Kier molecular flexibility index (Phi) is 8.32. The van der Waals surface area contributed by atoms with E-state index in [9.17, 15) is 9.59 Å². The maximum absolute atomic E-state index is 13.1. The van der Waals surface area contributed by atoms with Gasteiger partial charge in [-0.15, -0.1) is 11.8 Å². The number of rotatable bonds is 10. The van der Waals surface area contributed by atoms with Gasteiger partial charge in [0.15, 0.2) is 5.82 Å². The van der Waals surface area contributed by atoms with Gasteiger partial charge in [-0.2, -0.15) is 4.98 Å². The summed E-state index contributed by atoms with van der Waals surface area (Å²) < 4.78 is 5.13. The van der Waals surface area contributed by atoms with Crippen LogP contribution in [0.1, 0.15) is 48.8 Å².